The van der Waals surface area contributed by atoms with Gasteiger partial charge in [0.05, 0.1) is 5.02 Å². The van der Waals surface area contributed by atoms with Gasteiger partial charge < -0.3 is 14.8 Å². The fourth-order valence-electron chi connectivity index (χ4n) is 1.53. The van der Waals surface area contributed by atoms with E-state index in [1.54, 1.807) is 30.3 Å². The molecule has 2 N–H and O–H groups in total. The Hall–Kier alpha value is -1.56. The summed E-state index contributed by atoms with van der Waals surface area (Å²) < 4.78 is 18.7. The zero-order valence-corrected chi connectivity index (χ0v) is 10.6. The van der Waals surface area contributed by atoms with Crippen LogP contribution in [-0.2, 0) is 6.61 Å². The molecule has 2 rings (SSSR count). The highest BCUT2D eigenvalue weighted by molar-refractivity contribution is 6.58. The Morgan fingerprint density at radius 1 is 1.11 bits per heavy atom. The molecular weight excluding hydrogens is 269 g/mol. The second-order valence-corrected chi connectivity index (χ2v) is 4.39. The summed E-state index contributed by atoms with van der Waals surface area (Å²) in [5.41, 5.74) is 1.04. The molecule has 0 unspecified atom stereocenters. The van der Waals surface area contributed by atoms with Crippen LogP contribution in [0.25, 0.3) is 0 Å². The van der Waals surface area contributed by atoms with Crippen molar-refractivity contribution >= 4 is 24.2 Å². The lowest BCUT2D eigenvalue weighted by Crippen LogP contribution is -2.29. The molecular formula is C13H11BClFO3. The first-order valence-corrected chi connectivity index (χ1v) is 5.97. The minimum absolute atomic E-state index is 0.0741. The first kappa shape index (κ1) is 13.9. The topological polar surface area (TPSA) is 49.7 Å². The minimum atomic E-state index is -1.50. The number of benzene rings is 2. The molecule has 0 saturated carbocycles. The molecule has 3 nitrogen and oxygen atoms in total. The van der Waals surface area contributed by atoms with Crippen molar-refractivity contribution < 1.29 is 19.2 Å². The number of hydrogen-bond donors (Lipinski definition) is 2. The molecule has 0 saturated heterocycles. The van der Waals surface area contributed by atoms with Gasteiger partial charge in [0.2, 0.25) is 0 Å². The van der Waals surface area contributed by atoms with Crippen LogP contribution in [0.1, 0.15) is 5.56 Å². The average Bonchev–Trinajstić information content (AvgIpc) is 2.40. The van der Waals surface area contributed by atoms with E-state index in [0.29, 0.717) is 16.8 Å². The Morgan fingerprint density at radius 2 is 1.79 bits per heavy atom. The molecule has 0 spiro atoms. The minimum Gasteiger partial charge on any atom is -0.489 e. The molecule has 98 valence electrons. The van der Waals surface area contributed by atoms with Crippen LogP contribution in [0.4, 0.5) is 4.39 Å². The molecule has 0 amide bonds. The Labute approximate surface area is 115 Å². The third-order valence-electron chi connectivity index (χ3n) is 2.57. The Balaban J connectivity index is 2.00. The summed E-state index contributed by atoms with van der Waals surface area (Å²) in [6.45, 7) is 0.203. The van der Waals surface area contributed by atoms with Crippen LogP contribution in [0.15, 0.2) is 42.5 Å². The van der Waals surface area contributed by atoms with Gasteiger partial charge in [-0.1, -0.05) is 29.8 Å². The van der Waals surface area contributed by atoms with Crippen molar-refractivity contribution in [2.24, 2.45) is 0 Å². The van der Waals surface area contributed by atoms with Crippen molar-refractivity contribution in [1.29, 1.82) is 0 Å². The van der Waals surface area contributed by atoms with E-state index in [-0.39, 0.29) is 11.6 Å². The van der Waals surface area contributed by atoms with Crippen LogP contribution >= 0.6 is 11.6 Å². The van der Waals surface area contributed by atoms with Gasteiger partial charge >= 0.3 is 7.12 Å². The van der Waals surface area contributed by atoms with Gasteiger partial charge in [0.1, 0.15) is 18.2 Å². The van der Waals surface area contributed by atoms with Crippen molar-refractivity contribution in [2.45, 2.75) is 6.61 Å². The summed E-state index contributed by atoms with van der Waals surface area (Å²) in [6, 6.07) is 10.8. The maximum atomic E-state index is 13.2. The average molecular weight is 280 g/mol. The van der Waals surface area contributed by atoms with Crippen molar-refractivity contribution in [3.8, 4) is 5.75 Å². The van der Waals surface area contributed by atoms with E-state index in [0.717, 1.165) is 0 Å². The number of halogens is 2. The van der Waals surface area contributed by atoms with Crippen LogP contribution in [0.3, 0.4) is 0 Å². The van der Waals surface area contributed by atoms with Gasteiger partial charge in [0.25, 0.3) is 0 Å². The van der Waals surface area contributed by atoms with E-state index < -0.39 is 12.9 Å². The maximum Gasteiger partial charge on any atom is 0.488 e. The first-order valence-electron chi connectivity index (χ1n) is 5.59. The molecule has 2 aromatic carbocycles. The molecule has 0 bridgehead atoms. The number of rotatable bonds is 4. The highest BCUT2D eigenvalue weighted by atomic mass is 35.5. The standard InChI is InChI=1S/C13H11BClFO3/c15-12-6-1-9(7-13(12)16)8-19-11-4-2-10(3-5-11)14(17)18/h1-7,17-18H,8H2. The highest BCUT2D eigenvalue weighted by Gasteiger charge is 2.10. The molecule has 19 heavy (non-hydrogen) atoms. The van der Waals surface area contributed by atoms with E-state index in [4.69, 9.17) is 26.4 Å². The normalized spacial score (nSPS) is 10.3. The van der Waals surface area contributed by atoms with Crippen molar-refractivity contribution in [1.82, 2.24) is 0 Å². The highest BCUT2D eigenvalue weighted by Crippen LogP contribution is 2.17. The number of ether oxygens (including phenoxy) is 1. The molecule has 0 aliphatic heterocycles. The van der Waals surface area contributed by atoms with Crippen molar-refractivity contribution in [2.75, 3.05) is 0 Å². The third-order valence-corrected chi connectivity index (χ3v) is 2.87. The molecule has 2 aromatic rings. The van der Waals surface area contributed by atoms with Gasteiger partial charge in [0, 0.05) is 0 Å². The van der Waals surface area contributed by atoms with Gasteiger partial charge in [-0.15, -0.1) is 0 Å². The Bertz CT molecular complexity index is 560. The van der Waals surface area contributed by atoms with Gasteiger partial charge in [-0.25, -0.2) is 4.39 Å². The maximum absolute atomic E-state index is 13.2. The predicted octanol–water partition coefficient (Wildman–Crippen LogP) is 1.74. The lowest BCUT2D eigenvalue weighted by atomic mass is 9.80. The van der Waals surface area contributed by atoms with Crippen molar-refractivity contribution in [3.05, 3.63) is 58.9 Å². The fourth-order valence-corrected chi connectivity index (χ4v) is 1.65. The smallest absolute Gasteiger partial charge is 0.488 e. The van der Waals surface area contributed by atoms with Gasteiger partial charge in [0.15, 0.2) is 0 Å². The fraction of sp³-hybridized carbons (Fsp3) is 0.0769. The third kappa shape index (κ3) is 3.70. The van der Waals surface area contributed by atoms with E-state index in [2.05, 4.69) is 0 Å². The van der Waals surface area contributed by atoms with Gasteiger partial charge in [-0.3, -0.25) is 0 Å². The quantitative estimate of drug-likeness (QED) is 0.839. The van der Waals surface area contributed by atoms with Crippen LogP contribution in [0, 0.1) is 5.82 Å². The molecule has 0 aliphatic rings. The van der Waals surface area contributed by atoms with Gasteiger partial charge in [-0.2, -0.15) is 0 Å². The zero-order chi connectivity index (χ0) is 13.8. The monoisotopic (exact) mass is 280 g/mol. The summed E-state index contributed by atoms with van der Waals surface area (Å²) in [6.07, 6.45) is 0. The largest absolute Gasteiger partial charge is 0.489 e. The molecule has 0 heterocycles. The van der Waals surface area contributed by atoms with Crippen LogP contribution in [0.2, 0.25) is 5.02 Å². The predicted molar refractivity (Wildman–Crippen MR) is 72.0 cm³/mol. The van der Waals surface area contributed by atoms with E-state index in [1.807, 2.05) is 0 Å². The van der Waals surface area contributed by atoms with Crippen LogP contribution in [0.5, 0.6) is 5.75 Å². The summed E-state index contributed by atoms with van der Waals surface area (Å²) in [7, 11) is -1.50. The first-order chi connectivity index (χ1) is 9.06. The summed E-state index contributed by atoms with van der Waals surface area (Å²) in [5.74, 6) is 0.0706. The van der Waals surface area contributed by atoms with Crippen molar-refractivity contribution in [3.63, 3.8) is 0 Å². The lowest BCUT2D eigenvalue weighted by molar-refractivity contribution is 0.305. The van der Waals surface area contributed by atoms with Crippen LogP contribution in [-0.4, -0.2) is 17.2 Å². The molecule has 0 aromatic heterocycles. The van der Waals surface area contributed by atoms with E-state index in [9.17, 15) is 4.39 Å². The summed E-state index contributed by atoms with van der Waals surface area (Å²) in [4.78, 5) is 0. The van der Waals surface area contributed by atoms with E-state index in [1.165, 1.54) is 12.1 Å². The summed E-state index contributed by atoms with van der Waals surface area (Å²) >= 11 is 5.58. The Kier molecular flexibility index (Phi) is 4.42. The molecule has 0 radical (unpaired) electrons. The van der Waals surface area contributed by atoms with Crippen LogP contribution < -0.4 is 10.2 Å². The SMILES string of the molecule is OB(O)c1ccc(OCc2ccc(Cl)c(F)c2)cc1. The summed E-state index contributed by atoms with van der Waals surface area (Å²) in [5, 5.41) is 18.0. The zero-order valence-electron chi connectivity index (χ0n) is 9.88. The second kappa shape index (κ2) is 6.06. The van der Waals surface area contributed by atoms with Gasteiger partial charge in [-0.05, 0) is 35.3 Å². The number of hydrogen-bond acceptors (Lipinski definition) is 3. The molecule has 0 atom stereocenters. The second-order valence-electron chi connectivity index (χ2n) is 3.98. The Morgan fingerprint density at radius 3 is 2.37 bits per heavy atom. The van der Waals surface area contributed by atoms with E-state index >= 15 is 0 Å². The molecule has 0 aliphatic carbocycles. The lowest BCUT2D eigenvalue weighted by Gasteiger charge is -2.07. The molecule has 0 fully saturated rings. The molecule has 6 heteroatoms.